The Morgan fingerprint density at radius 1 is 0.976 bits per heavy atom. The number of hydrogen-bond acceptors (Lipinski definition) is 7. The molecule has 1 saturated carbocycles. The van der Waals surface area contributed by atoms with E-state index in [0.717, 1.165) is 27.8 Å². The molecule has 1 fully saturated rings. The second-order valence-electron chi connectivity index (χ2n) is 11.5. The quantitative estimate of drug-likeness (QED) is 0.219. The minimum atomic E-state index is -1.15. The average Bonchev–Trinajstić information content (AvgIpc) is 3.27. The zero-order valence-electron chi connectivity index (χ0n) is 24.1. The summed E-state index contributed by atoms with van der Waals surface area (Å²) in [7, 11) is 0. The molecule has 0 heterocycles. The third kappa shape index (κ3) is 8.10. The van der Waals surface area contributed by atoms with Crippen molar-refractivity contribution in [2.24, 2.45) is 5.92 Å². The fourth-order valence-electron chi connectivity index (χ4n) is 5.17. The SMILES string of the molecule is CC(C)(C)OC(=O)[C@@H](CNNC(=O)NC=C1CCC(C(=O)O)CC1)NC(=O)OCC1c2ccccc2-c2ccccc21. The van der Waals surface area contributed by atoms with Gasteiger partial charge < -0.3 is 25.2 Å². The first kappa shape index (κ1) is 30.6. The molecule has 0 radical (unpaired) electrons. The van der Waals surface area contributed by atoms with Gasteiger partial charge in [0.1, 0.15) is 18.2 Å². The van der Waals surface area contributed by atoms with Crippen LogP contribution in [-0.2, 0) is 19.1 Å². The molecule has 0 unspecified atom stereocenters. The summed E-state index contributed by atoms with van der Waals surface area (Å²) in [6.45, 7) is 5.06. The number of nitrogens with one attached hydrogen (secondary N) is 4. The number of allylic oxidation sites excluding steroid dienone is 1. The van der Waals surface area contributed by atoms with Crippen LogP contribution in [0.4, 0.5) is 9.59 Å². The summed E-state index contributed by atoms with van der Waals surface area (Å²) in [6, 6.07) is 14.2. The predicted molar refractivity (Wildman–Crippen MR) is 155 cm³/mol. The van der Waals surface area contributed by atoms with Crippen LogP contribution in [0.5, 0.6) is 0 Å². The number of carbonyl (C=O) groups is 4. The number of alkyl carbamates (subject to hydrolysis) is 1. The van der Waals surface area contributed by atoms with Crippen LogP contribution in [0.3, 0.4) is 0 Å². The van der Waals surface area contributed by atoms with E-state index in [-0.39, 0.29) is 25.0 Å². The van der Waals surface area contributed by atoms with E-state index in [9.17, 15) is 19.2 Å². The molecule has 42 heavy (non-hydrogen) atoms. The van der Waals surface area contributed by atoms with Crippen LogP contribution in [0, 0.1) is 5.92 Å². The Bertz CT molecular complexity index is 1300. The molecule has 5 N–H and O–H groups in total. The average molecular weight is 579 g/mol. The molecule has 2 aromatic carbocycles. The van der Waals surface area contributed by atoms with Gasteiger partial charge in [0.2, 0.25) is 0 Å². The van der Waals surface area contributed by atoms with E-state index in [0.29, 0.717) is 25.7 Å². The number of carboxylic acids is 1. The number of urea groups is 1. The Kier molecular flexibility index (Phi) is 9.84. The lowest BCUT2D eigenvalue weighted by Crippen LogP contribution is -2.54. The van der Waals surface area contributed by atoms with Gasteiger partial charge in [0.15, 0.2) is 0 Å². The third-order valence-corrected chi connectivity index (χ3v) is 7.22. The molecule has 3 amide bonds. The molecule has 0 bridgehead atoms. The summed E-state index contributed by atoms with van der Waals surface area (Å²) >= 11 is 0. The van der Waals surface area contributed by atoms with Gasteiger partial charge in [-0.15, -0.1) is 0 Å². The van der Waals surface area contributed by atoms with Crippen LogP contribution >= 0.6 is 0 Å². The van der Waals surface area contributed by atoms with E-state index in [1.54, 1.807) is 27.0 Å². The van der Waals surface area contributed by atoms with Crippen LogP contribution in [0.2, 0.25) is 0 Å². The lowest BCUT2D eigenvalue weighted by atomic mass is 9.86. The van der Waals surface area contributed by atoms with Crippen molar-refractivity contribution in [3.05, 3.63) is 71.4 Å². The number of amides is 3. The highest BCUT2D eigenvalue weighted by Crippen LogP contribution is 2.44. The topological polar surface area (TPSA) is 155 Å². The largest absolute Gasteiger partial charge is 0.481 e. The van der Waals surface area contributed by atoms with E-state index in [2.05, 4.69) is 21.5 Å². The molecule has 11 nitrogen and oxygen atoms in total. The minimum Gasteiger partial charge on any atom is -0.481 e. The number of hydrogen-bond donors (Lipinski definition) is 5. The summed E-state index contributed by atoms with van der Waals surface area (Å²) < 4.78 is 11.0. The first-order chi connectivity index (χ1) is 20.0. The van der Waals surface area contributed by atoms with Crippen molar-refractivity contribution in [1.29, 1.82) is 0 Å². The van der Waals surface area contributed by atoms with Crippen molar-refractivity contribution >= 4 is 24.1 Å². The summed E-state index contributed by atoms with van der Waals surface area (Å²) in [6.07, 6.45) is 3.02. The Labute approximate surface area is 245 Å². The predicted octanol–water partition coefficient (Wildman–Crippen LogP) is 4.20. The molecule has 0 spiro atoms. The van der Waals surface area contributed by atoms with Gasteiger partial charge in [0.25, 0.3) is 0 Å². The van der Waals surface area contributed by atoms with Gasteiger partial charge in [0, 0.05) is 18.7 Å². The van der Waals surface area contributed by atoms with E-state index >= 15 is 0 Å². The fourth-order valence-corrected chi connectivity index (χ4v) is 5.17. The van der Waals surface area contributed by atoms with E-state index in [1.165, 1.54) is 0 Å². The van der Waals surface area contributed by atoms with Gasteiger partial charge in [-0.25, -0.2) is 19.8 Å². The molecule has 2 aliphatic rings. The minimum absolute atomic E-state index is 0.0802. The number of carbonyl (C=O) groups excluding carboxylic acids is 3. The standard InChI is InChI=1S/C31H38N4O7/c1-31(2,3)42-28(38)26(17-33-35-29(39)32-16-19-12-14-20(15-13-19)27(36)37)34-30(40)41-18-25-23-10-6-4-8-21(23)22-9-5-7-11-24(22)25/h4-11,16,20,25-26,33H,12-15,17-18H2,1-3H3,(H,34,40)(H,36,37)(H2,32,35,39)/t20?,26-/m1/s1. The van der Waals surface area contributed by atoms with Crippen LogP contribution in [0.15, 0.2) is 60.3 Å². The van der Waals surface area contributed by atoms with Crippen LogP contribution in [0.1, 0.15) is 63.5 Å². The van der Waals surface area contributed by atoms with E-state index in [4.69, 9.17) is 14.6 Å². The number of aliphatic carboxylic acids is 1. The highest BCUT2D eigenvalue weighted by molar-refractivity contribution is 5.82. The van der Waals surface area contributed by atoms with Gasteiger partial charge in [0.05, 0.1) is 5.92 Å². The molecular weight excluding hydrogens is 540 g/mol. The van der Waals surface area contributed by atoms with Crippen LogP contribution in [0.25, 0.3) is 11.1 Å². The van der Waals surface area contributed by atoms with Gasteiger partial charge in [-0.1, -0.05) is 54.1 Å². The van der Waals surface area contributed by atoms with Crippen molar-refractivity contribution in [2.75, 3.05) is 13.2 Å². The van der Waals surface area contributed by atoms with Gasteiger partial charge in [-0.2, -0.15) is 0 Å². The maximum absolute atomic E-state index is 12.9. The Hall–Kier alpha value is -4.38. The number of carboxylic acid groups (broad SMARTS) is 1. The van der Waals surface area contributed by atoms with Crippen LogP contribution < -0.4 is 21.5 Å². The van der Waals surface area contributed by atoms with E-state index < -0.39 is 35.7 Å². The fraction of sp³-hybridized carbons (Fsp3) is 0.419. The Balaban J connectivity index is 1.30. The van der Waals surface area contributed by atoms with Crippen molar-refractivity contribution in [3.8, 4) is 11.1 Å². The molecule has 2 aromatic rings. The molecule has 1 atom stereocenters. The summed E-state index contributed by atoms with van der Waals surface area (Å²) in [5.74, 6) is -1.98. The molecule has 0 aliphatic heterocycles. The van der Waals surface area contributed by atoms with Gasteiger partial charge in [-0.05, 0) is 68.7 Å². The highest BCUT2D eigenvalue weighted by Gasteiger charge is 2.31. The molecule has 224 valence electrons. The van der Waals surface area contributed by atoms with Crippen LogP contribution in [-0.4, -0.2) is 54.0 Å². The van der Waals surface area contributed by atoms with Crippen molar-refractivity contribution in [3.63, 3.8) is 0 Å². The number of benzene rings is 2. The molecule has 2 aliphatic carbocycles. The maximum Gasteiger partial charge on any atom is 0.407 e. The lowest BCUT2D eigenvalue weighted by molar-refractivity contribution is -0.157. The number of esters is 1. The molecule has 4 rings (SSSR count). The van der Waals surface area contributed by atoms with Crippen molar-refractivity contribution < 1.29 is 33.8 Å². The Morgan fingerprint density at radius 3 is 2.14 bits per heavy atom. The molecule has 0 aromatic heterocycles. The zero-order chi connectivity index (χ0) is 30.3. The summed E-state index contributed by atoms with van der Waals surface area (Å²) in [4.78, 5) is 49.0. The number of rotatable bonds is 9. The lowest BCUT2D eigenvalue weighted by Gasteiger charge is -2.25. The third-order valence-electron chi connectivity index (χ3n) is 7.22. The molecule has 11 heteroatoms. The second kappa shape index (κ2) is 13.5. The van der Waals surface area contributed by atoms with E-state index in [1.807, 2.05) is 48.5 Å². The Morgan fingerprint density at radius 2 is 1.57 bits per heavy atom. The first-order valence-corrected chi connectivity index (χ1v) is 14.1. The van der Waals surface area contributed by atoms with Gasteiger partial charge in [-0.3, -0.25) is 10.2 Å². The second-order valence-corrected chi connectivity index (χ2v) is 11.5. The summed E-state index contributed by atoms with van der Waals surface area (Å²) in [5.41, 5.74) is 9.57. The molecule has 0 saturated heterocycles. The molecular formula is C31H38N4O7. The number of hydrazine groups is 1. The first-order valence-electron chi connectivity index (χ1n) is 14.1. The number of ether oxygens (including phenoxy) is 2. The zero-order valence-corrected chi connectivity index (χ0v) is 24.1. The van der Waals surface area contributed by atoms with Crippen molar-refractivity contribution in [2.45, 2.75) is 64.0 Å². The highest BCUT2D eigenvalue weighted by atomic mass is 16.6. The summed E-state index contributed by atoms with van der Waals surface area (Å²) in [5, 5.41) is 14.3. The normalized spacial score (nSPS) is 16.8. The smallest absolute Gasteiger partial charge is 0.407 e. The van der Waals surface area contributed by atoms with Gasteiger partial charge >= 0.3 is 24.1 Å². The monoisotopic (exact) mass is 578 g/mol. The maximum atomic E-state index is 12.9. The van der Waals surface area contributed by atoms with Crippen molar-refractivity contribution in [1.82, 2.24) is 21.5 Å². The number of fused-ring (bicyclic) bond motifs is 3.